The fourth-order valence-corrected chi connectivity index (χ4v) is 3.11. The molecule has 15 heavy (non-hydrogen) atoms. The van der Waals surface area contributed by atoms with E-state index < -0.39 is 0 Å². The fourth-order valence-electron chi connectivity index (χ4n) is 1.97. The number of aryl methyl sites for hydroxylation is 2. The average Bonchev–Trinajstić information content (AvgIpc) is 2.58. The molecule has 1 fully saturated rings. The molecule has 1 unspecified atom stereocenters. The molecule has 2 rings (SSSR count). The highest BCUT2D eigenvalue weighted by Gasteiger charge is 2.25. The third kappa shape index (κ3) is 2.43. The summed E-state index contributed by atoms with van der Waals surface area (Å²) >= 11 is 1.77. The molecule has 1 aromatic carbocycles. The fraction of sp³-hybridized carbons (Fsp3) is 0.462. The molecule has 1 aliphatic rings. The van der Waals surface area contributed by atoms with Crippen LogP contribution in [0.25, 0.3) is 0 Å². The first-order valence-electron chi connectivity index (χ1n) is 5.33. The second kappa shape index (κ2) is 4.40. The van der Waals surface area contributed by atoms with Gasteiger partial charge in [0.05, 0.1) is 5.75 Å². The first-order chi connectivity index (χ1) is 7.16. The van der Waals surface area contributed by atoms with E-state index in [2.05, 4.69) is 32.0 Å². The third-order valence-electron chi connectivity index (χ3n) is 2.99. The summed E-state index contributed by atoms with van der Waals surface area (Å²) < 4.78 is 0. The maximum Gasteiger partial charge on any atom is 0.146 e. The number of hydrogen-bond acceptors (Lipinski definition) is 2. The molecule has 0 amide bonds. The summed E-state index contributed by atoms with van der Waals surface area (Å²) in [6.45, 7) is 4.23. The van der Waals surface area contributed by atoms with Crippen molar-refractivity contribution >= 4 is 17.5 Å². The van der Waals surface area contributed by atoms with E-state index in [0.717, 1.165) is 17.9 Å². The van der Waals surface area contributed by atoms with Crippen LogP contribution in [0.4, 0.5) is 0 Å². The molecule has 1 aliphatic heterocycles. The molecular weight excluding hydrogens is 204 g/mol. The minimum Gasteiger partial charge on any atom is -0.298 e. The van der Waals surface area contributed by atoms with Crippen LogP contribution in [-0.4, -0.2) is 17.3 Å². The van der Waals surface area contributed by atoms with Crippen molar-refractivity contribution in [2.75, 3.05) is 11.5 Å². The maximum absolute atomic E-state index is 11.6. The summed E-state index contributed by atoms with van der Waals surface area (Å²) in [5.41, 5.74) is 3.94. The molecule has 0 aromatic heterocycles. The lowest BCUT2D eigenvalue weighted by atomic mass is 9.94. The molecule has 2 heteroatoms. The summed E-state index contributed by atoms with van der Waals surface area (Å²) in [6, 6.07) is 6.49. The standard InChI is InChI=1S/C13H16OS/c1-9-3-4-10(2)11(5-9)6-12-7-15-8-13(12)14/h3-5,12H,6-8H2,1-2H3. The zero-order valence-electron chi connectivity index (χ0n) is 9.25. The summed E-state index contributed by atoms with van der Waals surface area (Å²) in [7, 11) is 0. The minimum absolute atomic E-state index is 0.260. The number of carbonyl (C=O) groups is 1. The van der Waals surface area contributed by atoms with Gasteiger partial charge in [-0.3, -0.25) is 4.79 Å². The van der Waals surface area contributed by atoms with Crippen molar-refractivity contribution in [3.8, 4) is 0 Å². The highest BCUT2D eigenvalue weighted by molar-refractivity contribution is 8.00. The molecule has 1 nitrogen and oxygen atoms in total. The Balaban J connectivity index is 2.16. The number of ketones is 1. The van der Waals surface area contributed by atoms with Crippen LogP contribution in [0.5, 0.6) is 0 Å². The van der Waals surface area contributed by atoms with Crippen LogP contribution < -0.4 is 0 Å². The first kappa shape index (κ1) is 10.7. The first-order valence-corrected chi connectivity index (χ1v) is 6.49. The van der Waals surface area contributed by atoms with Crippen molar-refractivity contribution in [2.24, 2.45) is 5.92 Å². The lowest BCUT2D eigenvalue weighted by Gasteiger charge is -2.10. The zero-order chi connectivity index (χ0) is 10.8. The van der Waals surface area contributed by atoms with Gasteiger partial charge in [0.2, 0.25) is 0 Å². The van der Waals surface area contributed by atoms with E-state index in [1.807, 2.05) is 0 Å². The van der Waals surface area contributed by atoms with Crippen LogP contribution in [0.1, 0.15) is 16.7 Å². The molecule has 1 atom stereocenters. The minimum atomic E-state index is 0.260. The quantitative estimate of drug-likeness (QED) is 0.762. The van der Waals surface area contributed by atoms with Crippen LogP contribution in [0.15, 0.2) is 18.2 Å². The van der Waals surface area contributed by atoms with E-state index in [1.54, 1.807) is 11.8 Å². The van der Waals surface area contributed by atoms with Crippen LogP contribution in [0.2, 0.25) is 0 Å². The van der Waals surface area contributed by atoms with Gasteiger partial charge in [-0.1, -0.05) is 23.8 Å². The van der Waals surface area contributed by atoms with Gasteiger partial charge < -0.3 is 0 Å². The Labute approximate surface area is 95.3 Å². The Bertz CT molecular complexity index is 384. The van der Waals surface area contributed by atoms with Gasteiger partial charge in [-0.05, 0) is 31.4 Å². The van der Waals surface area contributed by atoms with E-state index in [9.17, 15) is 4.79 Å². The zero-order valence-corrected chi connectivity index (χ0v) is 10.1. The molecule has 0 aliphatic carbocycles. The Morgan fingerprint density at radius 1 is 1.40 bits per heavy atom. The monoisotopic (exact) mass is 220 g/mol. The van der Waals surface area contributed by atoms with E-state index in [4.69, 9.17) is 0 Å². The van der Waals surface area contributed by atoms with Crippen LogP contribution in [0.3, 0.4) is 0 Å². The smallest absolute Gasteiger partial charge is 0.146 e. The molecule has 1 heterocycles. The van der Waals surface area contributed by atoms with E-state index >= 15 is 0 Å². The Hall–Kier alpha value is -0.760. The van der Waals surface area contributed by atoms with Crippen LogP contribution >= 0.6 is 11.8 Å². The Morgan fingerprint density at radius 2 is 2.20 bits per heavy atom. The van der Waals surface area contributed by atoms with Gasteiger partial charge in [-0.2, -0.15) is 11.8 Å². The summed E-state index contributed by atoms with van der Waals surface area (Å²) in [5, 5.41) is 0. The van der Waals surface area contributed by atoms with E-state index in [0.29, 0.717) is 5.78 Å². The topological polar surface area (TPSA) is 17.1 Å². The molecule has 0 N–H and O–H groups in total. The summed E-state index contributed by atoms with van der Waals surface area (Å²) in [6.07, 6.45) is 0.930. The number of benzene rings is 1. The summed E-state index contributed by atoms with van der Waals surface area (Å²) in [5.74, 6) is 2.42. The number of Topliss-reactive ketones (excluding diaryl/α,β-unsaturated/α-hetero) is 1. The second-order valence-electron chi connectivity index (χ2n) is 4.31. The van der Waals surface area contributed by atoms with Crippen molar-refractivity contribution in [3.63, 3.8) is 0 Å². The Morgan fingerprint density at radius 3 is 2.87 bits per heavy atom. The van der Waals surface area contributed by atoms with Crippen molar-refractivity contribution < 1.29 is 4.79 Å². The third-order valence-corrected chi connectivity index (χ3v) is 4.12. The highest BCUT2D eigenvalue weighted by atomic mass is 32.2. The van der Waals surface area contributed by atoms with Gasteiger partial charge in [0.1, 0.15) is 5.78 Å². The Kier molecular flexibility index (Phi) is 3.15. The van der Waals surface area contributed by atoms with E-state index in [-0.39, 0.29) is 5.92 Å². The van der Waals surface area contributed by atoms with Gasteiger partial charge in [0, 0.05) is 11.7 Å². The average molecular weight is 220 g/mol. The molecule has 0 radical (unpaired) electrons. The highest BCUT2D eigenvalue weighted by Crippen LogP contribution is 2.25. The van der Waals surface area contributed by atoms with Crippen LogP contribution in [0, 0.1) is 19.8 Å². The number of hydrogen-bond donors (Lipinski definition) is 0. The summed E-state index contributed by atoms with van der Waals surface area (Å²) in [4.78, 5) is 11.6. The second-order valence-corrected chi connectivity index (χ2v) is 5.34. The molecule has 1 saturated heterocycles. The predicted octanol–water partition coefficient (Wildman–Crippen LogP) is 2.78. The normalized spacial score (nSPS) is 20.9. The molecule has 0 bridgehead atoms. The van der Waals surface area contributed by atoms with Crippen LogP contribution in [-0.2, 0) is 11.2 Å². The predicted molar refractivity (Wildman–Crippen MR) is 65.4 cm³/mol. The van der Waals surface area contributed by atoms with Gasteiger partial charge in [0.25, 0.3) is 0 Å². The molecular formula is C13H16OS. The van der Waals surface area contributed by atoms with Crippen molar-refractivity contribution in [2.45, 2.75) is 20.3 Å². The number of carbonyl (C=O) groups excluding carboxylic acids is 1. The molecule has 80 valence electrons. The van der Waals surface area contributed by atoms with Crippen molar-refractivity contribution in [1.82, 2.24) is 0 Å². The SMILES string of the molecule is Cc1ccc(C)c(CC2CSCC2=O)c1. The number of rotatable bonds is 2. The maximum atomic E-state index is 11.6. The number of thioether (sulfide) groups is 1. The van der Waals surface area contributed by atoms with E-state index in [1.165, 1.54) is 16.7 Å². The van der Waals surface area contributed by atoms with Gasteiger partial charge in [-0.15, -0.1) is 0 Å². The molecule has 0 saturated carbocycles. The van der Waals surface area contributed by atoms with Gasteiger partial charge >= 0.3 is 0 Å². The van der Waals surface area contributed by atoms with Gasteiger partial charge in [-0.25, -0.2) is 0 Å². The lowest BCUT2D eigenvalue weighted by Crippen LogP contribution is -2.14. The lowest BCUT2D eigenvalue weighted by molar-refractivity contribution is -0.119. The van der Waals surface area contributed by atoms with Crippen molar-refractivity contribution in [1.29, 1.82) is 0 Å². The van der Waals surface area contributed by atoms with Crippen molar-refractivity contribution in [3.05, 3.63) is 34.9 Å². The molecule has 0 spiro atoms. The van der Waals surface area contributed by atoms with Gasteiger partial charge in [0.15, 0.2) is 0 Å². The molecule has 1 aromatic rings. The largest absolute Gasteiger partial charge is 0.298 e.